The van der Waals surface area contributed by atoms with Gasteiger partial charge in [-0.1, -0.05) is 22.6 Å². The topological polar surface area (TPSA) is 54.5 Å². The van der Waals surface area contributed by atoms with Crippen LogP contribution in [0.15, 0.2) is 0 Å². The molecule has 0 radical (unpaired) electrons. The molecule has 0 spiro atoms. The van der Waals surface area contributed by atoms with Crippen molar-refractivity contribution in [1.82, 2.24) is 4.31 Å². The maximum absolute atomic E-state index is 11.5. The molecule has 0 amide bonds. The first-order valence-electron chi connectivity index (χ1n) is 4.39. The van der Waals surface area contributed by atoms with E-state index in [0.717, 1.165) is 15.2 Å². The molecule has 0 aliphatic carbocycles. The van der Waals surface area contributed by atoms with Crippen molar-refractivity contribution in [3.63, 3.8) is 0 Å². The molecule has 0 unspecified atom stereocenters. The number of carbonyl (C=O) groups is 1. The van der Waals surface area contributed by atoms with Crippen molar-refractivity contribution in [1.29, 1.82) is 0 Å². The third-order valence-corrected chi connectivity index (χ3v) is 4.35. The van der Waals surface area contributed by atoms with Gasteiger partial charge in [0.2, 0.25) is 10.0 Å². The van der Waals surface area contributed by atoms with E-state index in [2.05, 4.69) is 22.6 Å². The van der Waals surface area contributed by atoms with Gasteiger partial charge in [-0.25, -0.2) is 8.42 Å². The van der Waals surface area contributed by atoms with E-state index in [4.69, 9.17) is 0 Å². The summed E-state index contributed by atoms with van der Waals surface area (Å²) in [7, 11) is -1.77. The van der Waals surface area contributed by atoms with Crippen molar-refractivity contribution >= 4 is 38.4 Å². The van der Waals surface area contributed by atoms with Crippen LogP contribution in [0.4, 0.5) is 0 Å². The number of likely N-dealkylation sites (N-methyl/N-ethyl adjacent to an activating group) is 1. The first kappa shape index (κ1) is 14.3. The van der Waals surface area contributed by atoms with Crippen LogP contribution in [0.1, 0.15) is 19.8 Å². The van der Waals surface area contributed by atoms with Crippen molar-refractivity contribution in [2.75, 3.05) is 23.8 Å². The number of sulfonamides is 1. The second-order valence-electron chi connectivity index (χ2n) is 3.17. The van der Waals surface area contributed by atoms with Crippen molar-refractivity contribution in [3.05, 3.63) is 0 Å². The van der Waals surface area contributed by atoms with E-state index in [1.807, 2.05) is 0 Å². The molecule has 0 fully saturated rings. The molecule has 0 aromatic heterocycles. The van der Waals surface area contributed by atoms with Gasteiger partial charge in [0.1, 0.15) is 5.78 Å². The third-order valence-electron chi connectivity index (χ3n) is 1.71. The average molecular weight is 333 g/mol. The maximum Gasteiger partial charge on any atom is 0.214 e. The van der Waals surface area contributed by atoms with Crippen molar-refractivity contribution in [2.24, 2.45) is 0 Å². The van der Waals surface area contributed by atoms with Gasteiger partial charge in [0.25, 0.3) is 0 Å². The zero-order valence-electron chi connectivity index (χ0n) is 8.49. The highest BCUT2D eigenvalue weighted by molar-refractivity contribution is 14.1. The van der Waals surface area contributed by atoms with Gasteiger partial charge >= 0.3 is 0 Å². The lowest BCUT2D eigenvalue weighted by Gasteiger charge is -2.14. The van der Waals surface area contributed by atoms with Gasteiger partial charge in [0.05, 0.1) is 12.3 Å². The smallest absolute Gasteiger partial charge is 0.214 e. The molecule has 0 aromatic carbocycles. The van der Waals surface area contributed by atoms with E-state index < -0.39 is 10.0 Å². The molecular weight excluding hydrogens is 317 g/mol. The number of hydrogen-bond acceptors (Lipinski definition) is 3. The average Bonchev–Trinajstić information content (AvgIpc) is 2.03. The molecule has 0 aromatic rings. The second-order valence-corrected chi connectivity index (χ2v) is 6.44. The highest BCUT2D eigenvalue weighted by atomic mass is 127. The maximum atomic E-state index is 11.5. The summed E-state index contributed by atoms with van der Waals surface area (Å²) >= 11 is 2.21. The Kier molecular flexibility index (Phi) is 6.88. The first-order chi connectivity index (χ1) is 6.40. The third kappa shape index (κ3) is 5.92. The van der Waals surface area contributed by atoms with Gasteiger partial charge in [-0.3, -0.25) is 4.79 Å². The van der Waals surface area contributed by atoms with Crippen LogP contribution in [0.5, 0.6) is 0 Å². The molecule has 6 heteroatoms. The van der Waals surface area contributed by atoms with Crippen LogP contribution in [0.2, 0.25) is 0 Å². The second kappa shape index (κ2) is 6.73. The standard InChI is InChI=1S/C8H16INO3S/c1-8(11)7-10(2)14(12,13)6-4-3-5-9/h3-7H2,1-2H3. The Balaban J connectivity index is 4.10. The Morgan fingerprint density at radius 1 is 1.36 bits per heavy atom. The van der Waals surface area contributed by atoms with Gasteiger partial charge < -0.3 is 0 Å². The van der Waals surface area contributed by atoms with Crippen molar-refractivity contribution in [3.8, 4) is 0 Å². The summed E-state index contributed by atoms with van der Waals surface area (Å²) < 4.78 is 25.1. The van der Waals surface area contributed by atoms with Gasteiger partial charge in [0.15, 0.2) is 0 Å². The Hall–Kier alpha value is 0.310. The number of alkyl halides is 1. The quantitative estimate of drug-likeness (QED) is 0.398. The Labute approximate surface area is 99.2 Å². The zero-order valence-corrected chi connectivity index (χ0v) is 11.5. The number of ketones is 1. The first-order valence-corrected chi connectivity index (χ1v) is 7.53. The summed E-state index contributed by atoms with van der Waals surface area (Å²) in [5.41, 5.74) is 0. The summed E-state index contributed by atoms with van der Waals surface area (Å²) in [4.78, 5) is 10.7. The number of carbonyl (C=O) groups excluding carboxylic acids is 1. The zero-order chi connectivity index (χ0) is 11.2. The largest absolute Gasteiger partial charge is 0.299 e. The van der Waals surface area contributed by atoms with Crippen molar-refractivity contribution in [2.45, 2.75) is 19.8 Å². The normalized spacial score (nSPS) is 12.0. The van der Waals surface area contributed by atoms with E-state index >= 15 is 0 Å². The molecule has 0 N–H and O–H groups in total. The van der Waals surface area contributed by atoms with Crippen LogP contribution in [-0.2, 0) is 14.8 Å². The summed E-state index contributed by atoms with van der Waals surface area (Å²) in [6.45, 7) is 1.36. The Morgan fingerprint density at radius 3 is 2.36 bits per heavy atom. The summed E-state index contributed by atoms with van der Waals surface area (Å²) in [6, 6.07) is 0. The molecule has 0 saturated carbocycles. The van der Waals surface area contributed by atoms with Crippen LogP contribution in [0.3, 0.4) is 0 Å². The van der Waals surface area contributed by atoms with Crippen LogP contribution >= 0.6 is 22.6 Å². The molecule has 14 heavy (non-hydrogen) atoms. The number of nitrogens with zero attached hydrogens (tertiary/aromatic N) is 1. The molecule has 0 saturated heterocycles. The molecule has 0 heterocycles. The fourth-order valence-corrected chi connectivity index (χ4v) is 2.75. The Bertz CT molecular complexity index is 276. The highest BCUT2D eigenvalue weighted by Crippen LogP contribution is 2.03. The van der Waals surface area contributed by atoms with Gasteiger partial charge in [-0.2, -0.15) is 4.31 Å². The minimum atomic E-state index is -3.22. The van der Waals surface area contributed by atoms with E-state index in [9.17, 15) is 13.2 Å². The minimum absolute atomic E-state index is 0.0213. The Morgan fingerprint density at radius 2 is 1.93 bits per heavy atom. The molecule has 0 aliphatic rings. The number of hydrogen-bond donors (Lipinski definition) is 0. The van der Waals surface area contributed by atoms with Crippen LogP contribution in [0.25, 0.3) is 0 Å². The number of Topliss-reactive ketones (excluding diaryl/α,β-unsaturated/α-hetero) is 1. The van der Waals surface area contributed by atoms with Gasteiger partial charge in [0, 0.05) is 7.05 Å². The van der Waals surface area contributed by atoms with Gasteiger partial charge in [-0.05, 0) is 24.2 Å². The highest BCUT2D eigenvalue weighted by Gasteiger charge is 2.17. The fourth-order valence-electron chi connectivity index (χ4n) is 0.947. The van der Waals surface area contributed by atoms with E-state index in [1.54, 1.807) is 0 Å². The van der Waals surface area contributed by atoms with E-state index in [0.29, 0.717) is 6.42 Å². The lowest BCUT2D eigenvalue weighted by molar-refractivity contribution is -0.117. The van der Waals surface area contributed by atoms with Crippen LogP contribution in [-0.4, -0.2) is 42.3 Å². The molecular formula is C8H16INO3S. The number of halogens is 1. The lowest BCUT2D eigenvalue weighted by atomic mass is 10.4. The van der Waals surface area contributed by atoms with Gasteiger partial charge in [-0.15, -0.1) is 0 Å². The molecule has 0 aliphatic heterocycles. The fraction of sp³-hybridized carbons (Fsp3) is 0.875. The number of rotatable bonds is 7. The predicted octanol–water partition coefficient (Wildman–Crippen LogP) is 1.05. The SMILES string of the molecule is CC(=O)CN(C)S(=O)(=O)CCCCI. The van der Waals surface area contributed by atoms with Crippen LogP contribution < -0.4 is 0 Å². The van der Waals surface area contributed by atoms with Crippen molar-refractivity contribution < 1.29 is 13.2 Å². The lowest BCUT2D eigenvalue weighted by Crippen LogP contribution is -2.33. The number of unbranched alkanes of at least 4 members (excludes halogenated alkanes) is 1. The van der Waals surface area contributed by atoms with E-state index in [1.165, 1.54) is 14.0 Å². The molecule has 0 bridgehead atoms. The predicted molar refractivity (Wildman–Crippen MR) is 65.2 cm³/mol. The molecule has 84 valence electrons. The summed E-state index contributed by atoms with van der Waals surface area (Å²) in [6.07, 6.45) is 1.56. The molecule has 0 rings (SSSR count). The molecule has 4 nitrogen and oxygen atoms in total. The van der Waals surface area contributed by atoms with Crippen LogP contribution in [0, 0.1) is 0 Å². The minimum Gasteiger partial charge on any atom is -0.299 e. The monoisotopic (exact) mass is 333 g/mol. The summed E-state index contributed by atoms with van der Waals surface area (Å²) in [5, 5.41) is 0. The van der Waals surface area contributed by atoms with E-state index in [-0.39, 0.29) is 18.1 Å². The summed E-state index contributed by atoms with van der Waals surface area (Å²) in [5.74, 6) is 0.00438. The molecule has 0 atom stereocenters.